The molecule has 1 aliphatic heterocycles. The van der Waals surface area contributed by atoms with Gasteiger partial charge in [-0.3, -0.25) is 4.79 Å². The highest BCUT2D eigenvalue weighted by molar-refractivity contribution is 7.89. The van der Waals surface area contributed by atoms with Crippen LogP contribution in [0.4, 0.5) is 5.69 Å². The third kappa shape index (κ3) is 3.87. The molecule has 2 fully saturated rings. The summed E-state index contributed by atoms with van der Waals surface area (Å²) in [5, 5.41) is 2.86. The summed E-state index contributed by atoms with van der Waals surface area (Å²) in [6.07, 6.45) is 4.90. The summed E-state index contributed by atoms with van der Waals surface area (Å²) in [5.74, 6) is 1.00. The SMILES string of the molecule is CCCCS(=O)(=O)N1CCC[C@H]1C(=O)Nc1ccc2nc(C3CC3)oc2c1. The van der Waals surface area contributed by atoms with Gasteiger partial charge in [0, 0.05) is 24.2 Å². The van der Waals surface area contributed by atoms with Crippen LogP contribution in [0, 0.1) is 0 Å². The molecule has 27 heavy (non-hydrogen) atoms. The lowest BCUT2D eigenvalue weighted by molar-refractivity contribution is -0.119. The first kappa shape index (κ1) is 18.4. The highest BCUT2D eigenvalue weighted by atomic mass is 32.2. The summed E-state index contributed by atoms with van der Waals surface area (Å²) >= 11 is 0. The number of fused-ring (bicyclic) bond motifs is 1. The zero-order valence-electron chi connectivity index (χ0n) is 15.5. The number of amides is 1. The van der Waals surface area contributed by atoms with E-state index < -0.39 is 16.1 Å². The van der Waals surface area contributed by atoms with Crippen molar-refractivity contribution in [1.82, 2.24) is 9.29 Å². The van der Waals surface area contributed by atoms with Crippen LogP contribution in [-0.4, -0.2) is 42.0 Å². The first-order valence-corrected chi connectivity index (χ1v) is 11.3. The molecule has 2 heterocycles. The summed E-state index contributed by atoms with van der Waals surface area (Å²) in [6, 6.07) is 4.73. The number of rotatable bonds is 7. The van der Waals surface area contributed by atoms with Gasteiger partial charge in [0.15, 0.2) is 11.5 Å². The number of carbonyl (C=O) groups excluding carboxylic acids is 1. The average molecular weight is 391 g/mol. The first-order valence-electron chi connectivity index (χ1n) is 9.69. The molecule has 1 N–H and O–H groups in total. The normalized spacial score (nSPS) is 21.0. The lowest BCUT2D eigenvalue weighted by Gasteiger charge is -2.23. The van der Waals surface area contributed by atoms with Crippen molar-refractivity contribution in [2.45, 2.75) is 57.4 Å². The van der Waals surface area contributed by atoms with Crippen LogP contribution in [0.25, 0.3) is 11.1 Å². The summed E-state index contributed by atoms with van der Waals surface area (Å²) in [6.45, 7) is 2.37. The molecule has 1 saturated carbocycles. The Hall–Kier alpha value is -1.93. The third-order valence-corrected chi connectivity index (χ3v) is 7.17. The molecule has 0 radical (unpaired) electrons. The maximum absolute atomic E-state index is 12.7. The molecule has 4 rings (SSSR count). The standard InChI is InChI=1S/C19H25N3O4S/c1-2-3-11-27(24,25)22-10-4-5-16(22)18(23)20-14-8-9-15-17(12-14)26-19(21-15)13-6-7-13/h8-9,12-13,16H,2-7,10-11H2,1H3,(H,20,23)/t16-/m0/s1. The molecule has 146 valence electrons. The predicted octanol–water partition coefficient (Wildman–Crippen LogP) is 3.24. The van der Waals surface area contributed by atoms with Gasteiger partial charge in [-0.05, 0) is 44.2 Å². The van der Waals surface area contributed by atoms with Crippen molar-refractivity contribution in [3.05, 3.63) is 24.1 Å². The van der Waals surface area contributed by atoms with Gasteiger partial charge in [-0.1, -0.05) is 13.3 Å². The van der Waals surface area contributed by atoms with Gasteiger partial charge in [0.05, 0.1) is 5.75 Å². The van der Waals surface area contributed by atoms with Crippen LogP contribution in [0.2, 0.25) is 0 Å². The van der Waals surface area contributed by atoms with Crippen molar-refractivity contribution in [3.63, 3.8) is 0 Å². The number of unbranched alkanes of at least 4 members (excludes halogenated alkanes) is 1. The van der Waals surface area contributed by atoms with Gasteiger partial charge in [-0.25, -0.2) is 13.4 Å². The Morgan fingerprint density at radius 2 is 2.15 bits per heavy atom. The van der Waals surface area contributed by atoms with Gasteiger partial charge >= 0.3 is 0 Å². The molecule has 1 aromatic carbocycles. The van der Waals surface area contributed by atoms with Gasteiger partial charge in [-0.15, -0.1) is 0 Å². The number of carbonyl (C=O) groups is 1. The van der Waals surface area contributed by atoms with E-state index in [1.54, 1.807) is 12.1 Å². The van der Waals surface area contributed by atoms with E-state index in [0.717, 1.165) is 30.7 Å². The topological polar surface area (TPSA) is 92.5 Å². The summed E-state index contributed by atoms with van der Waals surface area (Å²) in [7, 11) is -3.40. The number of sulfonamides is 1. The minimum atomic E-state index is -3.40. The van der Waals surface area contributed by atoms with Crippen molar-refractivity contribution in [3.8, 4) is 0 Å². The number of hydrogen-bond donors (Lipinski definition) is 1. The fourth-order valence-corrected chi connectivity index (χ4v) is 5.41. The lowest BCUT2D eigenvalue weighted by Crippen LogP contribution is -2.44. The molecule has 0 spiro atoms. The van der Waals surface area contributed by atoms with Crippen molar-refractivity contribution < 1.29 is 17.6 Å². The van der Waals surface area contributed by atoms with Gasteiger partial charge < -0.3 is 9.73 Å². The number of nitrogens with zero attached hydrogens (tertiary/aromatic N) is 2. The summed E-state index contributed by atoms with van der Waals surface area (Å²) < 4.78 is 32.2. The smallest absolute Gasteiger partial charge is 0.242 e. The van der Waals surface area contributed by atoms with Crippen LogP contribution in [0.1, 0.15) is 57.3 Å². The molecule has 1 aromatic heterocycles. The fraction of sp³-hybridized carbons (Fsp3) is 0.579. The Kier molecular flexibility index (Phi) is 4.94. The van der Waals surface area contributed by atoms with Crippen molar-refractivity contribution in [2.75, 3.05) is 17.6 Å². The number of hydrogen-bond acceptors (Lipinski definition) is 5. The number of nitrogens with one attached hydrogen (secondary N) is 1. The second-order valence-corrected chi connectivity index (χ2v) is 9.48. The maximum Gasteiger partial charge on any atom is 0.242 e. The highest BCUT2D eigenvalue weighted by Crippen LogP contribution is 2.40. The second-order valence-electron chi connectivity index (χ2n) is 7.44. The van der Waals surface area contributed by atoms with E-state index in [0.29, 0.717) is 43.0 Å². The van der Waals surface area contributed by atoms with E-state index in [1.807, 2.05) is 13.0 Å². The third-order valence-electron chi connectivity index (χ3n) is 5.22. The van der Waals surface area contributed by atoms with Gasteiger partial charge in [-0.2, -0.15) is 4.31 Å². The molecule has 0 unspecified atom stereocenters. The molecular formula is C19H25N3O4S. The van der Waals surface area contributed by atoms with Crippen LogP contribution in [-0.2, 0) is 14.8 Å². The molecule has 1 atom stereocenters. The van der Waals surface area contributed by atoms with E-state index in [2.05, 4.69) is 10.3 Å². The Balaban J connectivity index is 1.48. The summed E-state index contributed by atoms with van der Waals surface area (Å²) in [5.41, 5.74) is 2.02. The first-order chi connectivity index (χ1) is 13.0. The van der Waals surface area contributed by atoms with E-state index >= 15 is 0 Å². The predicted molar refractivity (Wildman–Crippen MR) is 103 cm³/mol. The Bertz CT molecular complexity index is 949. The minimum Gasteiger partial charge on any atom is -0.440 e. The molecule has 2 aliphatic rings. The molecular weight excluding hydrogens is 366 g/mol. The van der Waals surface area contributed by atoms with E-state index in [-0.39, 0.29) is 11.7 Å². The Labute approximate surface area is 159 Å². The average Bonchev–Trinajstić information content (AvgIpc) is 3.20. The van der Waals surface area contributed by atoms with Crippen LogP contribution in [0.3, 0.4) is 0 Å². The number of benzene rings is 1. The second kappa shape index (κ2) is 7.24. The maximum atomic E-state index is 12.7. The number of aromatic nitrogens is 1. The number of oxazole rings is 1. The van der Waals surface area contributed by atoms with Crippen molar-refractivity contribution >= 4 is 32.7 Å². The van der Waals surface area contributed by atoms with Crippen molar-refractivity contribution in [1.29, 1.82) is 0 Å². The van der Waals surface area contributed by atoms with E-state index in [4.69, 9.17) is 4.42 Å². The zero-order chi connectivity index (χ0) is 19.0. The molecule has 1 saturated heterocycles. The zero-order valence-corrected chi connectivity index (χ0v) is 16.3. The van der Waals surface area contributed by atoms with Crippen LogP contribution in [0.15, 0.2) is 22.6 Å². The molecule has 7 nitrogen and oxygen atoms in total. The lowest BCUT2D eigenvalue weighted by atomic mass is 10.2. The Morgan fingerprint density at radius 1 is 1.33 bits per heavy atom. The summed E-state index contributed by atoms with van der Waals surface area (Å²) in [4.78, 5) is 17.2. The molecule has 0 bridgehead atoms. The molecule has 2 aromatic rings. The van der Waals surface area contributed by atoms with E-state index in [1.165, 1.54) is 4.31 Å². The van der Waals surface area contributed by atoms with Gasteiger partial charge in [0.2, 0.25) is 15.9 Å². The molecule has 8 heteroatoms. The molecule has 1 amide bonds. The Morgan fingerprint density at radius 3 is 2.89 bits per heavy atom. The van der Waals surface area contributed by atoms with Crippen LogP contribution in [0.5, 0.6) is 0 Å². The quantitative estimate of drug-likeness (QED) is 0.782. The monoisotopic (exact) mass is 391 g/mol. The van der Waals surface area contributed by atoms with Crippen LogP contribution < -0.4 is 5.32 Å². The molecule has 1 aliphatic carbocycles. The number of anilines is 1. The van der Waals surface area contributed by atoms with Gasteiger partial charge in [0.25, 0.3) is 0 Å². The highest BCUT2D eigenvalue weighted by Gasteiger charge is 2.38. The van der Waals surface area contributed by atoms with E-state index in [9.17, 15) is 13.2 Å². The minimum absolute atomic E-state index is 0.0985. The fourth-order valence-electron chi connectivity index (χ4n) is 3.53. The van der Waals surface area contributed by atoms with Crippen LogP contribution >= 0.6 is 0 Å². The van der Waals surface area contributed by atoms with Crippen molar-refractivity contribution in [2.24, 2.45) is 0 Å². The largest absolute Gasteiger partial charge is 0.440 e. The van der Waals surface area contributed by atoms with Gasteiger partial charge in [0.1, 0.15) is 11.6 Å².